The molecule has 1 heterocycles. The number of nitriles is 1. The average molecular weight is 357 g/mol. The van der Waals surface area contributed by atoms with E-state index in [1.165, 1.54) is 23.2 Å². The molecule has 0 saturated heterocycles. The van der Waals surface area contributed by atoms with Crippen LogP contribution in [0.15, 0.2) is 30.3 Å². The zero-order valence-electron chi connectivity index (χ0n) is 14.4. The Kier molecular flexibility index (Phi) is 6.25. The smallest absolute Gasteiger partial charge is 0.351 e. The molecule has 25 heavy (non-hydrogen) atoms. The fourth-order valence-electron chi connectivity index (χ4n) is 2.19. The van der Waals surface area contributed by atoms with Crippen molar-refractivity contribution in [2.75, 3.05) is 13.6 Å². The van der Waals surface area contributed by atoms with E-state index in [1.807, 2.05) is 36.4 Å². The van der Waals surface area contributed by atoms with Crippen LogP contribution >= 0.6 is 11.3 Å². The van der Waals surface area contributed by atoms with E-state index in [9.17, 15) is 9.59 Å². The highest BCUT2D eigenvalue weighted by Crippen LogP contribution is 2.28. The lowest BCUT2D eigenvalue weighted by atomic mass is 10.2. The molecular weight excluding hydrogens is 338 g/mol. The van der Waals surface area contributed by atoms with Crippen molar-refractivity contribution < 1.29 is 14.3 Å². The summed E-state index contributed by atoms with van der Waals surface area (Å²) in [4.78, 5) is 30.7. The van der Waals surface area contributed by atoms with E-state index in [0.717, 1.165) is 10.6 Å². The Morgan fingerprint density at radius 3 is 2.68 bits per heavy atom. The van der Waals surface area contributed by atoms with Gasteiger partial charge in [0.05, 0.1) is 18.2 Å². The molecule has 0 N–H and O–H groups in total. The van der Waals surface area contributed by atoms with Crippen LogP contribution in [-0.2, 0) is 9.53 Å². The minimum Gasteiger partial charge on any atom is -0.448 e. The predicted molar refractivity (Wildman–Crippen MR) is 95.0 cm³/mol. The highest BCUT2D eigenvalue weighted by atomic mass is 32.1. The van der Waals surface area contributed by atoms with E-state index in [1.54, 1.807) is 14.0 Å². The lowest BCUT2D eigenvalue weighted by molar-refractivity contribution is -0.138. The summed E-state index contributed by atoms with van der Waals surface area (Å²) in [5, 5.41) is 9.31. The first kappa shape index (κ1) is 18.6. The van der Waals surface area contributed by atoms with Gasteiger partial charge >= 0.3 is 5.97 Å². The Labute approximate surface area is 150 Å². The number of aromatic nitrogens is 1. The topological polar surface area (TPSA) is 83.3 Å². The monoisotopic (exact) mass is 357 g/mol. The van der Waals surface area contributed by atoms with Crippen LogP contribution in [0.2, 0.25) is 0 Å². The third-order valence-corrected chi connectivity index (χ3v) is 4.76. The van der Waals surface area contributed by atoms with E-state index >= 15 is 0 Å². The zero-order valence-corrected chi connectivity index (χ0v) is 15.2. The molecule has 1 aromatic carbocycles. The molecule has 130 valence electrons. The molecule has 0 bridgehead atoms. The molecule has 0 aliphatic heterocycles. The number of amides is 1. The minimum atomic E-state index is -0.919. The van der Waals surface area contributed by atoms with Gasteiger partial charge in [-0.3, -0.25) is 4.79 Å². The van der Waals surface area contributed by atoms with Gasteiger partial charge < -0.3 is 9.64 Å². The molecule has 0 aliphatic rings. The maximum Gasteiger partial charge on any atom is 0.351 e. The van der Waals surface area contributed by atoms with Crippen molar-refractivity contribution in [3.63, 3.8) is 0 Å². The van der Waals surface area contributed by atoms with Gasteiger partial charge in [0, 0.05) is 19.2 Å². The molecule has 2 aromatic rings. The van der Waals surface area contributed by atoms with Crippen LogP contribution in [-0.4, -0.2) is 41.5 Å². The standard InChI is InChI=1S/C18H19N3O3S/c1-12-15(25-16(20-12)14-8-5-4-6-9-14)18(23)24-13(2)17(22)21(3)11-7-10-19/h4-6,8-9,13H,7,11H2,1-3H3/t13-/m0/s1. The zero-order chi connectivity index (χ0) is 18.4. The van der Waals surface area contributed by atoms with Crippen LogP contribution in [0.3, 0.4) is 0 Å². The molecule has 2 rings (SSSR count). The van der Waals surface area contributed by atoms with Gasteiger partial charge in [0.15, 0.2) is 6.10 Å². The van der Waals surface area contributed by atoms with Crippen LogP contribution in [0, 0.1) is 18.3 Å². The second-order valence-corrected chi connectivity index (χ2v) is 6.51. The fraction of sp³-hybridized carbons (Fsp3) is 0.333. The summed E-state index contributed by atoms with van der Waals surface area (Å²) in [5.74, 6) is -0.902. The lowest BCUT2D eigenvalue weighted by Gasteiger charge is -2.20. The van der Waals surface area contributed by atoms with Crippen molar-refractivity contribution in [1.29, 1.82) is 5.26 Å². The molecule has 0 saturated carbocycles. The highest BCUT2D eigenvalue weighted by Gasteiger charge is 2.24. The minimum absolute atomic E-state index is 0.233. The largest absolute Gasteiger partial charge is 0.448 e. The summed E-state index contributed by atoms with van der Waals surface area (Å²) in [6.45, 7) is 3.57. The number of rotatable bonds is 6. The van der Waals surface area contributed by atoms with Crippen molar-refractivity contribution >= 4 is 23.2 Å². The van der Waals surface area contributed by atoms with Gasteiger partial charge in [-0.05, 0) is 13.8 Å². The fourth-order valence-corrected chi connectivity index (χ4v) is 3.15. The first-order valence-corrected chi connectivity index (χ1v) is 8.61. The number of nitrogens with zero attached hydrogens (tertiary/aromatic N) is 3. The summed E-state index contributed by atoms with van der Waals surface area (Å²) in [5.41, 5.74) is 1.50. The molecule has 0 aliphatic carbocycles. The third-order valence-electron chi connectivity index (χ3n) is 3.57. The molecular formula is C18H19N3O3S. The predicted octanol–water partition coefficient (Wildman–Crippen LogP) is 3.04. The number of ether oxygens (including phenoxy) is 1. The van der Waals surface area contributed by atoms with Gasteiger partial charge in [-0.15, -0.1) is 11.3 Å². The molecule has 1 amide bonds. The van der Waals surface area contributed by atoms with E-state index in [2.05, 4.69) is 4.98 Å². The maximum absolute atomic E-state index is 12.4. The first-order chi connectivity index (χ1) is 11.9. The van der Waals surface area contributed by atoms with Crippen molar-refractivity contribution in [1.82, 2.24) is 9.88 Å². The Morgan fingerprint density at radius 1 is 1.36 bits per heavy atom. The molecule has 0 radical (unpaired) electrons. The number of esters is 1. The molecule has 7 heteroatoms. The Bertz CT molecular complexity index is 796. The third kappa shape index (κ3) is 4.64. The second-order valence-electron chi connectivity index (χ2n) is 5.52. The van der Waals surface area contributed by atoms with Gasteiger partial charge in [-0.1, -0.05) is 30.3 Å². The van der Waals surface area contributed by atoms with Crippen LogP contribution < -0.4 is 0 Å². The number of hydrogen-bond acceptors (Lipinski definition) is 6. The van der Waals surface area contributed by atoms with Crippen molar-refractivity contribution in [2.45, 2.75) is 26.4 Å². The van der Waals surface area contributed by atoms with E-state index in [-0.39, 0.29) is 12.3 Å². The summed E-state index contributed by atoms with van der Waals surface area (Å²) < 4.78 is 5.29. The highest BCUT2D eigenvalue weighted by molar-refractivity contribution is 7.17. The molecule has 1 atom stereocenters. The Balaban J connectivity index is 2.07. The van der Waals surface area contributed by atoms with Gasteiger partial charge in [0.1, 0.15) is 9.88 Å². The van der Waals surface area contributed by atoms with Crippen LogP contribution in [0.1, 0.15) is 28.7 Å². The number of aryl methyl sites for hydroxylation is 1. The molecule has 1 aromatic heterocycles. The summed E-state index contributed by atoms with van der Waals surface area (Å²) >= 11 is 1.24. The van der Waals surface area contributed by atoms with Gasteiger partial charge in [-0.25, -0.2) is 9.78 Å². The lowest BCUT2D eigenvalue weighted by Crippen LogP contribution is -2.37. The molecule has 0 spiro atoms. The van der Waals surface area contributed by atoms with Crippen LogP contribution in [0.25, 0.3) is 10.6 Å². The quantitative estimate of drug-likeness (QED) is 0.742. The number of carbonyl (C=O) groups excluding carboxylic acids is 2. The van der Waals surface area contributed by atoms with E-state index < -0.39 is 12.1 Å². The Hall–Kier alpha value is -2.72. The summed E-state index contributed by atoms with van der Waals surface area (Å²) in [6, 6.07) is 11.5. The SMILES string of the molecule is Cc1nc(-c2ccccc2)sc1C(=O)O[C@@H](C)C(=O)N(C)CCC#N. The summed E-state index contributed by atoms with van der Waals surface area (Å²) in [6.07, 6.45) is -0.685. The molecule has 0 fully saturated rings. The molecule has 6 nitrogen and oxygen atoms in total. The maximum atomic E-state index is 12.4. The summed E-state index contributed by atoms with van der Waals surface area (Å²) in [7, 11) is 1.58. The van der Waals surface area contributed by atoms with E-state index in [4.69, 9.17) is 10.00 Å². The van der Waals surface area contributed by atoms with Crippen molar-refractivity contribution in [2.24, 2.45) is 0 Å². The van der Waals surface area contributed by atoms with Crippen LogP contribution in [0.5, 0.6) is 0 Å². The average Bonchev–Trinajstić information content (AvgIpc) is 3.01. The van der Waals surface area contributed by atoms with Crippen molar-refractivity contribution in [3.8, 4) is 16.6 Å². The van der Waals surface area contributed by atoms with E-state index in [0.29, 0.717) is 17.1 Å². The number of thiazole rings is 1. The number of benzene rings is 1. The first-order valence-electron chi connectivity index (χ1n) is 7.79. The second kappa shape index (κ2) is 8.40. The van der Waals surface area contributed by atoms with Gasteiger partial charge in [0.25, 0.3) is 5.91 Å². The number of carbonyl (C=O) groups is 2. The number of hydrogen-bond donors (Lipinski definition) is 0. The molecule has 0 unspecified atom stereocenters. The Morgan fingerprint density at radius 2 is 2.04 bits per heavy atom. The van der Waals surface area contributed by atoms with Crippen LogP contribution in [0.4, 0.5) is 0 Å². The van der Waals surface area contributed by atoms with Crippen molar-refractivity contribution in [3.05, 3.63) is 40.9 Å². The number of likely N-dealkylation sites (N-methyl/N-ethyl adjacent to an activating group) is 1. The van der Waals surface area contributed by atoms with Gasteiger partial charge in [0.2, 0.25) is 0 Å². The normalized spacial score (nSPS) is 11.4. The van der Waals surface area contributed by atoms with Gasteiger partial charge in [-0.2, -0.15) is 5.26 Å².